The van der Waals surface area contributed by atoms with Crippen LogP contribution in [0.15, 0.2) is 315 Å². The van der Waals surface area contributed by atoms with E-state index in [1.165, 1.54) is 32.3 Å². The maximum atomic E-state index is 6.42. The molecule has 0 unspecified atom stereocenters. The van der Waals surface area contributed by atoms with Crippen molar-refractivity contribution in [1.29, 1.82) is 0 Å². The van der Waals surface area contributed by atoms with Crippen LogP contribution in [0.3, 0.4) is 0 Å². The number of rotatable bonds is 15. The van der Waals surface area contributed by atoms with E-state index in [0.29, 0.717) is 0 Å². The maximum absolute atomic E-state index is 6.42. The van der Waals surface area contributed by atoms with Gasteiger partial charge in [-0.25, -0.2) is 0 Å². The molecule has 84 heavy (non-hydrogen) atoms. The molecule has 0 fully saturated rings. The van der Waals surface area contributed by atoms with Gasteiger partial charge in [0, 0.05) is 56.3 Å². The summed E-state index contributed by atoms with van der Waals surface area (Å²) < 4.78 is 12.8. The lowest BCUT2D eigenvalue weighted by molar-refractivity contribution is 0.415. The summed E-state index contributed by atoms with van der Waals surface area (Å²) in [5.41, 5.74) is 14.2. The molecule has 0 aromatic heterocycles. The minimum atomic E-state index is 0.723. The molecular formula is C78H58N4O2. The van der Waals surface area contributed by atoms with Crippen molar-refractivity contribution in [1.82, 2.24) is 0 Å². The molecule has 0 amide bonds. The Bertz CT molecular complexity index is 4350. The molecule has 0 radical (unpaired) electrons. The molecule has 0 aliphatic rings. The van der Waals surface area contributed by atoms with Gasteiger partial charge >= 0.3 is 0 Å². The van der Waals surface area contributed by atoms with E-state index >= 15 is 0 Å². The highest BCUT2D eigenvalue weighted by Crippen LogP contribution is 2.48. The number of ether oxygens (including phenoxy) is 2. The van der Waals surface area contributed by atoms with Crippen LogP contribution in [0.25, 0.3) is 54.2 Å². The number of benzene rings is 14. The van der Waals surface area contributed by atoms with Gasteiger partial charge in [0.1, 0.15) is 11.5 Å². The Labute approximate surface area is 490 Å². The number of fused-ring (bicyclic) bond motifs is 4. The Morgan fingerprint density at radius 2 is 0.500 bits per heavy atom. The fourth-order valence-corrected chi connectivity index (χ4v) is 11.9. The summed E-state index contributed by atoms with van der Waals surface area (Å²) in [5, 5.41) is 9.38. The molecule has 0 saturated heterocycles. The summed E-state index contributed by atoms with van der Waals surface area (Å²) in [7, 11) is 3.51. The average molecular weight is 1080 g/mol. The molecule has 6 heteroatoms. The van der Waals surface area contributed by atoms with E-state index < -0.39 is 0 Å². The van der Waals surface area contributed by atoms with Gasteiger partial charge < -0.3 is 29.1 Å². The third-order valence-electron chi connectivity index (χ3n) is 15.9. The number of para-hydroxylation sites is 2. The maximum Gasteiger partial charge on any atom is 0.143 e. The molecule has 402 valence electrons. The SMILES string of the molecule is COc1cc(-c2ccc(N(c3ccc(N(c4ccccc4)c4cccc5ccccc45)cc3)c3ccc4ccccc4c3)c(OC)c2)ccc1N(c1ccc(N(c2ccccc2)c2cccc3ccccc23)cc1)c1ccc2ccccc2c1. The lowest BCUT2D eigenvalue weighted by atomic mass is 10.0. The first-order chi connectivity index (χ1) is 41.6. The zero-order valence-electron chi connectivity index (χ0n) is 46.6. The average Bonchev–Trinajstić information content (AvgIpc) is 2.74. The van der Waals surface area contributed by atoms with Crippen molar-refractivity contribution in [3.63, 3.8) is 0 Å². The van der Waals surface area contributed by atoms with Crippen molar-refractivity contribution < 1.29 is 9.47 Å². The minimum Gasteiger partial charge on any atom is -0.495 e. The fourth-order valence-electron chi connectivity index (χ4n) is 11.9. The number of methoxy groups -OCH3 is 2. The van der Waals surface area contributed by atoms with Gasteiger partial charge in [0.25, 0.3) is 0 Å². The molecule has 0 aliphatic heterocycles. The molecule has 0 aliphatic carbocycles. The molecular weight excluding hydrogens is 1020 g/mol. The van der Waals surface area contributed by atoms with E-state index in [9.17, 15) is 0 Å². The number of anilines is 12. The van der Waals surface area contributed by atoms with Gasteiger partial charge in [0.15, 0.2) is 0 Å². The van der Waals surface area contributed by atoms with Crippen molar-refractivity contribution in [2.45, 2.75) is 0 Å². The predicted molar refractivity (Wildman–Crippen MR) is 354 cm³/mol. The first-order valence-electron chi connectivity index (χ1n) is 28.4. The van der Waals surface area contributed by atoms with Crippen LogP contribution in [0.4, 0.5) is 68.2 Å². The van der Waals surface area contributed by atoms with E-state index in [-0.39, 0.29) is 0 Å². The normalized spacial score (nSPS) is 11.2. The molecule has 0 N–H and O–H groups in total. The highest BCUT2D eigenvalue weighted by atomic mass is 16.5. The van der Waals surface area contributed by atoms with Crippen LogP contribution in [0.2, 0.25) is 0 Å². The van der Waals surface area contributed by atoms with E-state index in [2.05, 4.69) is 335 Å². The van der Waals surface area contributed by atoms with Crippen molar-refractivity contribution >= 4 is 111 Å². The van der Waals surface area contributed by atoms with Crippen LogP contribution in [0.1, 0.15) is 0 Å². The van der Waals surface area contributed by atoms with Crippen LogP contribution in [-0.4, -0.2) is 14.2 Å². The first-order valence-corrected chi connectivity index (χ1v) is 28.4. The minimum absolute atomic E-state index is 0.723. The lowest BCUT2D eigenvalue weighted by Crippen LogP contribution is -2.13. The molecule has 14 aromatic carbocycles. The summed E-state index contributed by atoms with van der Waals surface area (Å²) in [6.45, 7) is 0. The van der Waals surface area contributed by atoms with Crippen LogP contribution < -0.4 is 29.1 Å². The molecule has 0 spiro atoms. The summed E-state index contributed by atoms with van der Waals surface area (Å²) in [4.78, 5) is 9.26. The Morgan fingerprint density at radius 1 is 0.202 bits per heavy atom. The third-order valence-corrected chi connectivity index (χ3v) is 15.9. The van der Waals surface area contributed by atoms with Gasteiger partial charge in [0.05, 0.1) is 37.0 Å². The highest BCUT2D eigenvalue weighted by molar-refractivity contribution is 6.01. The second-order valence-electron chi connectivity index (χ2n) is 20.9. The monoisotopic (exact) mass is 1080 g/mol. The van der Waals surface area contributed by atoms with Crippen LogP contribution in [-0.2, 0) is 0 Å². The summed E-state index contributed by atoms with van der Waals surface area (Å²) in [6, 6.07) is 112. The Hall–Kier alpha value is -11.1. The number of hydrogen-bond donors (Lipinski definition) is 0. The second-order valence-corrected chi connectivity index (χ2v) is 20.9. The fraction of sp³-hybridized carbons (Fsp3) is 0.0256. The van der Waals surface area contributed by atoms with E-state index in [4.69, 9.17) is 9.47 Å². The molecule has 0 saturated carbocycles. The number of nitrogens with zero attached hydrogens (tertiary/aromatic N) is 4. The van der Waals surface area contributed by atoms with E-state index in [1.807, 2.05) is 0 Å². The van der Waals surface area contributed by atoms with E-state index in [1.54, 1.807) is 14.2 Å². The van der Waals surface area contributed by atoms with Gasteiger partial charge in [-0.15, -0.1) is 0 Å². The highest BCUT2D eigenvalue weighted by Gasteiger charge is 2.24. The second kappa shape index (κ2) is 22.5. The quantitative estimate of drug-likeness (QED) is 0.102. The van der Waals surface area contributed by atoms with Gasteiger partial charge in [0.2, 0.25) is 0 Å². The van der Waals surface area contributed by atoms with Crippen molar-refractivity contribution in [2.75, 3.05) is 33.8 Å². The Balaban J connectivity index is 0.847. The Morgan fingerprint density at radius 3 is 0.881 bits per heavy atom. The third kappa shape index (κ3) is 9.71. The van der Waals surface area contributed by atoms with Gasteiger partial charge in [-0.1, -0.05) is 182 Å². The zero-order valence-corrected chi connectivity index (χ0v) is 46.6. The molecule has 14 aromatic rings. The standard InChI is InChI=1S/C78H58N4O2/c1-83-77-53-61(37-49-75(77)81(69-39-35-55-19-9-11-23-59(55)51-69)67-45-41-65(42-46-67)79(63-27-5-3-6-28-63)73-33-17-25-57-21-13-15-31-71(57)73)62-38-50-76(78(54-62)84-2)82(70-40-36-56-20-10-12-24-60(56)52-70)68-47-43-66(44-48-68)80(64-29-7-4-8-30-64)74-34-18-26-58-22-14-16-32-72(58)74/h3-54H,1-2H3. The summed E-state index contributed by atoms with van der Waals surface area (Å²) in [6.07, 6.45) is 0. The smallest absolute Gasteiger partial charge is 0.143 e. The molecule has 0 heterocycles. The van der Waals surface area contributed by atoms with Crippen LogP contribution in [0, 0.1) is 0 Å². The topological polar surface area (TPSA) is 31.4 Å². The van der Waals surface area contributed by atoms with Crippen molar-refractivity contribution in [3.8, 4) is 22.6 Å². The predicted octanol–water partition coefficient (Wildman–Crippen LogP) is 21.9. The van der Waals surface area contributed by atoms with Crippen molar-refractivity contribution in [2.24, 2.45) is 0 Å². The van der Waals surface area contributed by atoms with Crippen LogP contribution >= 0.6 is 0 Å². The molecule has 14 rings (SSSR count). The van der Waals surface area contributed by atoms with Crippen molar-refractivity contribution in [3.05, 3.63) is 315 Å². The zero-order chi connectivity index (χ0) is 56.3. The van der Waals surface area contributed by atoms with Gasteiger partial charge in [-0.2, -0.15) is 0 Å². The van der Waals surface area contributed by atoms with Gasteiger partial charge in [-0.05, 0) is 177 Å². The largest absolute Gasteiger partial charge is 0.495 e. The first kappa shape index (κ1) is 51.1. The van der Waals surface area contributed by atoms with Gasteiger partial charge in [-0.3, -0.25) is 0 Å². The molecule has 0 atom stereocenters. The summed E-state index contributed by atoms with van der Waals surface area (Å²) >= 11 is 0. The Kier molecular flexibility index (Phi) is 13.7. The summed E-state index contributed by atoms with van der Waals surface area (Å²) in [5.74, 6) is 1.45. The van der Waals surface area contributed by atoms with E-state index in [0.717, 1.165) is 102 Å². The molecule has 0 bridgehead atoms. The van der Waals surface area contributed by atoms with Crippen LogP contribution in [0.5, 0.6) is 11.5 Å². The lowest BCUT2D eigenvalue weighted by Gasteiger charge is -2.30. The number of hydrogen-bond acceptors (Lipinski definition) is 6. The molecule has 6 nitrogen and oxygen atoms in total.